The van der Waals surface area contributed by atoms with Crippen LogP contribution in [0.4, 0.5) is 0 Å². The fraction of sp³-hybridized carbons (Fsp3) is 0.615. The number of aryl methyl sites for hydroxylation is 2. The van der Waals surface area contributed by atoms with Crippen molar-refractivity contribution < 1.29 is 0 Å². The van der Waals surface area contributed by atoms with E-state index in [0.717, 1.165) is 12.8 Å². The van der Waals surface area contributed by atoms with Crippen molar-refractivity contribution in [1.82, 2.24) is 0 Å². The molecule has 0 saturated carbocycles. The van der Waals surface area contributed by atoms with Crippen LogP contribution in [0, 0.1) is 52.4 Å². The van der Waals surface area contributed by atoms with E-state index in [1.807, 2.05) is 0 Å². The molecule has 0 nitrogen and oxygen atoms in total. The van der Waals surface area contributed by atoms with Gasteiger partial charge in [0.05, 0.1) is 0 Å². The van der Waals surface area contributed by atoms with Crippen molar-refractivity contribution in [3.05, 3.63) is 44.5 Å². The maximum atomic E-state index is 2.36. The highest BCUT2D eigenvalue weighted by molar-refractivity contribution is 5.97. The van der Waals surface area contributed by atoms with E-state index in [1.54, 1.807) is 21.9 Å². The van der Waals surface area contributed by atoms with Crippen molar-refractivity contribution in [2.75, 3.05) is 0 Å². The molecule has 0 aromatic heterocycles. The molecule has 144 valence electrons. The first-order valence-electron chi connectivity index (χ1n) is 10.2. The Bertz CT molecular complexity index is 777. The van der Waals surface area contributed by atoms with E-state index in [0.29, 0.717) is 0 Å². The highest BCUT2D eigenvalue weighted by Gasteiger charge is 2.25. The molecule has 0 N–H and O–H groups in total. The molecule has 26 heavy (non-hydrogen) atoms. The molecule has 0 aliphatic carbocycles. The van der Waals surface area contributed by atoms with Crippen LogP contribution in [0.2, 0.25) is 0 Å². The minimum absolute atomic E-state index is 0.287. The Balaban J connectivity index is 3.08. The molecule has 0 heteroatoms. The predicted octanol–water partition coefficient (Wildman–Crippen LogP) is 7.87. The van der Waals surface area contributed by atoms with Crippen molar-refractivity contribution in [2.24, 2.45) is 10.8 Å². The quantitative estimate of drug-likeness (QED) is 0.516. The van der Waals surface area contributed by atoms with Crippen LogP contribution in [-0.2, 0) is 12.8 Å². The van der Waals surface area contributed by atoms with Gasteiger partial charge in [0, 0.05) is 0 Å². The van der Waals surface area contributed by atoms with Crippen molar-refractivity contribution >= 4 is 10.8 Å². The molecule has 0 unspecified atom stereocenters. The Kier molecular flexibility index (Phi) is 5.41. The van der Waals surface area contributed by atoms with Crippen LogP contribution >= 0.6 is 0 Å². The number of hydrogen-bond donors (Lipinski definition) is 0. The first-order valence-corrected chi connectivity index (χ1v) is 10.2. The number of benzene rings is 2. The maximum absolute atomic E-state index is 2.36. The van der Waals surface area contributed by atoms with E-state index in [9.17, 15) is 0 Å². The van der Waals surface area contributed by atoms with Gasteiger partial charge in [0.25, 0.3) is 0 Å². The van der Waals surface area contributed by atoms with Gasteiger partial charge in [0.15, 0.2) is 0 Å². The number of rotatable bonds is 2. The second-order valence-electron chi connectivity index (χ2n) is 10.9. The predicted molar refractivity (Wildman–Crippen MR) is 119 cm³/mol. The highest BCUT2D eigenvalue weighted by atomic mass is 14.3. The molecule has 2 rings (SSSR count). The van der Waals surface area contributed by atoms with E-state index in [2.05, 4.69) is 83.1 Å². The molecule has 0 amide bonds. The Hall–Kier alpha value is -1.30. The molecule has 2 aromatic rings. The monoisotopic (exact) mass is 352 g/mol. The smallest absolute Gasteiger partial charge is 0.0111 e. The summed E-state index contributed by atoms with van der Waals surface area (Å²) in [6, 6.07) is 0. The lowest BCUT2D eigenvalue weighted by atomic mass is 9.75. The van der Waals surface area contributed by atoms with Crippen molar-refractivity contribution in [3.63, 3.8) is 0 Å². The van der Waals surface area contributed by atoms with Gasteiger partial charge >= 0.3 is 0 Å². The first kappa shape index (κ1) is 21.0. The summed E-state index contributed by atoms with van der Waals surface area (Å²) in [6.07, 6.45) is 2.27. The third-order valence-corrected chi connectivity index (χ3v) is 6.17. The van der Waals surface area contributed by atoms with Gasteiger partial charge in [0.1, 0.15) is 0 Å². The minimum Gasteiger partial charge on any atom is -0.0599 e. The fourth-order valence-electron chi connectivity index (χ4n) is 4.40. The second kappa shape index (κ2) is 6.70. The summed E-state index contributed by atoms with van der Waals surface area (Å²) in [7, 11) is 0. The van der Waals surface area contributed by atoms with Crippen LogP contribution in [0.1, 0.15) is 86.1 Å². The summed E-state index contributed by atoms with van der Waals surface area (Å²) < 4.78 is 0. The Morgan fingerprint density at radius 1 is 0.423 bits per heavy atom. The van der Waals surface area contributed by atoms with E-state index in [4.69, 9.17) is 0 Å². The third-order valence-electron chi connectivity index (χ3n) is 6.17. The average Bonchev–Trinajstić information content (AvgIpc) is 2.48. The summed E-state index contributed by atoms with van der Waals surface area (Å²) in [5.74, 6) is 0. The molecule has 0 bridgehead atoms. The van der Waals surface area contributed by atoms with E-state index < -0.39 is 0 Å². The molecule has 2 aromatic carbocycles. The molecule has 0 aliphatic heterocycles. The minimum atomic E-state index is 0.287. The van der Waals surface area contributed by atoms with Gasteiger partial charge in [-0.25, -0.2) is 0 Å². The fourth-order valence-corrected chi connectivity index (χ4v) is 4.40. The van der Waals surface area contributed by atoms with Crippen LogP contribution < -0.4 is 0 Å². The number of hydrogen-bond acceptors (Lipinski definition) is 0. The zero-order valence-corrected chi connectivity index (χ0v) is 19.4. The molecule has 0 heterocycles. The molecule has 0 aliphatic rings. The maximum Gasteiger partial charge on any atom is -0.0111 e. The summed E-state index contributed by atoms with van der Waals surface area (Å²) >= 11 is 0. The molecular weight excluding hydrogens is 312 g/mol. The van der Waals surface area contributed by atoms with Crippen LogP contribution in [-0.4, -0.2) is 0 Å². The average molecular weight is 353 g/mol. The third kappa shape index (κ3) is 3.85. The second-order valence-corrected chi connectivity index (χ2v) is 10.9. The molecule has 0 radical (unpaired) electrons. The van der Waals surface area contributed by atoms with Gasteiger partial charge in [-0.15, -0.1) is 0 Å². The first-order chi connectivity index (χ1) is 11.7. The van der Waals surface area contributed by atoms with E-state index >= 15 is 0 Å². The van der Waals surface area contributed by atoms with E-state index in [-0.39, 0.29) is 10.8 Å². The van der Waals surface area contributed by atoms with Gasteiger partial charge in [0.2, 0.25) is 0 Å². The van der Waals surface area contributed by atoms with Crippen molar-refractivity contribution in [3.8, 4) is 0 Å². The van der Waals surface area contributed by atoms with Gasteiger partial charge in [-0.1, -0.05) is 41.5 Å². The van der Waals surface area contributed by atoms with Gasteiger partial charge in [-0.05, 0) is 120 Å². The van der Waals surface area contributed by atoms with Crippen LogP contribution in [0.3, 0.4) is 0 Å². The zero-order chi connectivity index (χ0) is 20.2. The lowest BCUT2D eigenvalue weighted by molar-refractivity contribution is 0.408. The SMILES string of the molecule is Cc1c(C)c(C)c2c(CC(C)(C)C)c(C)c(C)c(CC(C)(C)C)c2c1C. The number of fused-ring (bicyclic) bond motifs is 1. The molecule has 0 spiro atoms. The van der Waals surface area contributed by atoms with Crippen molar-refractivity contribution in [2.45, 2.75) is 95.9 Å². The molecular formula is C26H40. The normalized spacial score (nSPS) is 12.9. The Morgan fingerprint density at radius 3 is 0.923 bits per heavy atom. The Morgan fingerprint density at radius 2 is 0.692 bits per heavy atom. The van der Waals surface area contributed by atoms with Gasteiger partial charge in [-0.2, -0.15) is 0 Å². The topological polar surface area (TPSA) is 0 Å². The van der Waals surface area contributed by atoms with Crippen LogP contribution in [0.15, 0.2) is 0 Å². The standard InChI is InChI=1S/C26H40/c1-15-16(2)20(6)24-22(14-26(10,11)12)18(4)17(3)21(13-25(7,8)9)23(24)19(15)5/h13-14H2,1-12H3. The largest absolute Gasteiger partial charge is 0.0599 e. The van der Waals surface area contributed by atoms with Gasteiger partial charge < -0.3 is 0 Å². The molecule has 0 atom stereocenters. The van der Waals surface area contributed by atoms with Crippen LogP contribution in [0.25, 0.3) is 10.8 Å². The summed E-state index contributed by atoms with van der Waals surface area (Å²) in [5.41, 5.74) is 12.7. The van der Waals surface area contributed by atoms with Crippen LogP contribution in [0.5, 0.6) is 0 Å². The van der Waals surface area contributed by atoms with Gasteiger partial charge in [-0.3, -0.25) is 0 Å². The summed E-state index contributed by atoms with van der Waals surface area (Å²) in [5, 5.41) is 3.09. The summed E-state index contributed by atoms with van der Waals surface area (Å²) in [4.78, 5) is 0. The lowest BCUT2D eigenvalue weighted by Crippen LogP contribution is -2.16. The lowest BCUT2D eigenvalue weighted by Gasteiger charge is -2.30. The highest BCUT2D eigenvalue weighted by Crippen LogP contribution is 2.41. The molecule has 0 saturated heterocycles. The van der Waals surface area contributed by atoms with E-state index in [1.165, 1.54) is 33.4 Å². The summed E-state index contributed by atoms with van der Waals surface area (Å²) in [6.45, 7) is 28.2. The zero-order valence-electron chi connectivity index (χ0n) is 19.4. The van der Waals surface area contributed by atoms with Crippen molar-refractivity contribution in [1.29, 1.82) is 0 Å². The molecule has 0 fully saturated rings. The Labute approximate surface area is 162 Å².